The highest BCUT2D eigenvalue weighted by Crippen LogP contribution is 2.31. The first-order valence-electron chi connectivity index (χ1n) is 6.36. The molecule has 1 heterocycles. The van der Waals surface area contributed by atoms with Crippen molar-refractivity contribution in [2.75, 3.05) is 0 Å². The van der Waals surface area contributed by atoms with Crippen LogP contribution >= 0.6 is 27.5 Å². The van der Waals surface area contributed by atoms with Crippen molar-refractivity contribution in [2.45, 2.75) is 33.1 Å². The molecule has 0 atom stereocenters. The third-order valence-corrected chi connectivity index (χ3v) is 3.83. The van der Waals surface area contributed by atoms with Gasteiger partial charge in [-0.2, -0.15) is 4.98 Å². The number of halogens is 3. The minimum atomic E-state index is -0.402. The maximum absolute atomic E-state index is 13.5. The number of nitrogens with zero attached hydrogens (tertiary/aromatic N) is 2. The van der Waals surface area contributed by atoms with E-state index in [0.29, 0.717) is 32.6 Å². The second-order valence-corrected chi connectivity index (χ2v) is 6.91. The van der Waals surface area contributed by atoms with Crippen molar-refractivity contribution < 1.29 is 9.13 Å². The molecule has 1 aromatic carbocycles. The molecule has 0 unspecified atom stereocenters. The average molecular weight is 374 g/mol. The topological polar surface area (TPSA) is 35.0 Å². The number of aromatic nitrogens is 2. The molecule has 0 saturated carbocycles. The van der Waals surface area contributed by atoms with Gasteiger partial charge in [0.05, 0.1) is 4.47 Å². The van der Waals surface area contributed by atoms with E-state index in [9.17, 15) is 4.39 Å². The minimum absolute atomic E-state index is 0.263. The highest BCUT2D eigenvalue weighted by molar-refractivity contribution is 9.10. The molecule has 0 saturated heterocycles. The van der Waals surface area contributed by atoms with Gasteiger partial charge >= 0.3 is 0 Å². The van der Waals surface area contributed by atoms with E-state index in [1.165, 1.54) is 6.07 Å². The Balaban J connectivity index is 2.43. The molecule has 0 spiro atoms. The van der Waals surface area contributed by atoms with Gasteiger partial charge in [-0.3, -0.25) is 0 Å². The van der Waals surface area contributed by atoms with Crippen molar-refractivity contribution in [3.05, 3.63) is 45.0 Å². The number of hydrogen-bond donors (Lipinski definition) is 0. The molecule has 0 aliphatic rings. The number of benzene rings is 1. The van der Waals surface area contributed by atoms with Crippen LogP contribution in [-0.4, -0.2) is 9.97 Å². The monoisotopic (exact) mass is 372 g/mol. The van der Waals surface area contributed by atoms with Crippen molar-refractivity contribution in [3.63, 3.8) is 0 Å². The summed E-state index contributed by atoms with van der Waals surface area (Å²) in [4.78, 5) is 8.67. The van der Waals surface area contributed by atoms with E-state index in [2.05, 4.69) is 25.9 Å². The first-order chi connectivity index (χ1) is 9.68. The van der Waals surface area contributed by atoms with Crippen LogP contribution in [0, 0.1) is 12.7 Å². The molecule has 3 nitrogen and oxygen atoms in total. The van der Waals surface area contributed by atoms with Gasteiger partial charge in [-0.1, -0.05) is 32.4 Å². The summed E-state index contributed by atoms with van der Waals surface area (Å²) in [6.45, 7) is 7.71. The normalized spacial score (nSPS) is 11.6. The smallest absolute Gasteiger partial charge is 0.227 e. The Labute approximate surface area is 136 Å². The summed E-state index contributed by atoms with van der Waals surface area (Å²) in [6.07, 6.45) is 0. The molecule has 0 amide bonds. The lowest BCUT2D eigenvalue weighted by Crippen LogP contribution is -2.17. The molecule has 0 fully saturated rings. The zero-order valence-electron chi connectivity index (χ0n) is 12.2. The molecule has 0 bridgehead atoms. The predicted octanol–water partition coefficient (Wildman–Crippen LogP) is 5.43. The molecule has 0 radical (unpaired) electrons. The Bertz CT molecular complexity index is 686. The molecule has 1 aromatic heterocycles. The molecule has 0 N–H and O–H groups in total. The van der Waals surface area contributed by atoms with Gasteiger partial charge in [0.15, 0.2) is 0 Å². The zero-order valence-corrected chi connectivity index (χ0v) is 14.5. The van der Waals surface area contributed by atoms with Crippen LogP contribution in [0.1, 0.15) is 32.2 Å². The van der Waals surface area contributed by atoms with Gasteiger partial charge in [-0.05, 0) is 35.0 Å². The summed E-state index contributed by atoms with van der Waals surface area (Å²) in [5.74, 6) is 0.863. The van der Waals surface area contributed by atoms with Crippen LogP contribution in [0.15, 0.2) is 22.7 Å². The van der Waals surface area contributed by atoms with Crippen molar-refractivity contribution in [3.8, 4) is 11.6 Å². The Morgan fingerprint density at radius 1 is 1.24 bits per heavy atom. The Hall–Kier alpha value is -1.20. The fraction of sp³-hybridized carbons (Fsp3) is 0.333. The van der Waals surface area contributed by atoms with E-state index in [4.69, 9.17) is 16.3 Å². The van der Waals surface area contributed by atoms with E-state index in [1.807, 2.05) is 20.8 Å². The summed E-state index contributed by atoms with van der Waals surface area (Å²) >= 11 is 9.24. The van der Waals surface area contributed by atoms with Crippen LogP contribution in [0.4, 0.5) is 4.39 Å². The van der Waals surface area contributed by atoms with Gasteiger partial charge in [0.25, 0.3) is 0 Å². The Morgan fingerprint density at radius 2 is 1.90 bits per heavy atom. The largest absolute Gasteiger partial charge is 0.438 e. The van der Waals surface area contributed by atoms with Crippen molar-refractivity contribution >= 4 is 27.5 Å². The summed E-state index contributed by atoms with van der Waals surface area (Å²) in [5.41, 5.74) is 0.355. The fourth-order valence-corrected chi connectivity index (χ4v) is 1.96. The molecule has 0 aliphatic carbocycles. The van der Waals surface area contributed by atoms with Crippen molar-refractivity contribution in [2.24, 2.45) is 0 Å². The van der Waals surface area contributed by atoms with Crippen LogP contribution in [0.5, 0.6) is 11.6 Å². The SMILES string of the molecule is Cc1c(Cl)nc(C(C)(C)C)nc1Oc1ccc(Br)c(F)c1. The number of hydrogen-bond acceptors (Lipinski definition) is 3. The predicted molar refractivity (Wildman–Crippen MR) is 84.7 cm³/mol. The van der Waals surface area contributed by atoms with Crippen LogP contribution < -0.4 is 4.74 Å². The summed E-state index contributed by atoms with van der Waals surface area (Å²) < 4.78 is 19.6. The number of ether oxygens (including phenoxy) is 1. The van der Waals surface area contributed by atoms with Crippen molar-refractivity contribution in [1.29, 1.82) is 0 Å². The lowest BCUT2D eigenvalue weighted by atomic mass is 9.96. The molecular formula is C15H15BrClFN2O. The summed E-state index contributed by atoms with van der Waals surface area (Å²) in [7, 11) is 0. The lowest BCUT2D eigenvalue weighted by molar-refractivity contribution is 0.438. The highest BCUT2D eigenvalue weighted by atomic mass is 79.9. The van der Waals surface area contributed by atoms with Crippen LogP contribution in [-0.2, 0) is 5.41 Å². The van der Waals surface area contributed by atoms with Gasteiger partial charge in [0.1, 0.15) is 22.5 Å². The highest BCUT2D eigenvalue weighted by Gasteiger charge is 2.21. The van der Waals surface area contributed by atoms with E-state index >= 15 is 0 Å². The summed E-state index contributed by atoms with van der Waals surface area (Å²) in [5, 5.41) is 0.336. The maximum Gasteiger partial charge on any atom is 0.227 e. The van der Waals surface area contributed by atoms with Crippen LogP contribution in [0.2, 0.25) is 5.15 Å². The molecular weight excluding hydrogens is 359 g/mol. The van der Waals surface area contributed by atoms with Crippen molar-refractivity contribution in [1.82, 2.24) is 9.97 Å². The van der Waals surface area contributed by atoms with Crippen LogP contribution in [0.25, 0.3) is 0 Å². The Kier molecular flexibility index (Phi) is 4.54. The number of rotatable bonds is 2. The van der Waals surface area contributed by atoms with Gasteiger partial charge < -0.3 is 4.74 Å². The second kappa shape index (κ2) is 5.89. The third kappa shape index (κ3) is 3.71. The van der Waals surface area contributed by atoms with Gasteiger partial charge in [0, 0.05) is 17.0 Å². The molecule has 0 aliphatic heterocycles. The summed E-state index contributed by atoms with van der Waals surface area (Å²) in [6, 6.07) is 4.52. The van der Waals surface area contributed by atoms with E-state index < -0.39 is 5.82 Å². The molecule has 21 heavy (non-hydrogen) atoms. The minimum Gasteiger partial charge on any atom is -0.438 e. The van der Waals surface area contributed by atoms with E-state index in [-0.39, 0.29) is 5.41 Å². The van der Waals surface area contributed by atoms with Gasteiger partial charge in [0.2, 0.25) is 5.88 Å². The third-order valence-electron chi connectivity index (χ3n) is 2.82. The van der Waals surface area contributed by atoms with E-state index in [0.717, 1.165) is 0 Å². The lowest BCUT2D eigenvalue weighted by Gasteiger charge is -2.19. The molecule has 112 valence electrons. The fourth-order valence-electron chi connectivity index (χ4n) is 1.56. The van der Waals surface area contributed by atoms with Crippen LogP contribution in [0.3, 0.4) is 0 Å². The van der Waals surface area contributed by atoms with Gasteiger partial charge in [-0.25, -0.2) is 9.37 Å². The first-order valence-corrected chi connectivity index (χ1v) is 7.53. The van der Waals surface area contributed by atoms with E-state index in [1.54, 1.807) is 19.1 Å². The molecule has 2 aromatic rings. The van der Waals surface area contributed by atoms with Gasteiger partial charge in [-0.15, -0.1) is 0 Å². The molecule has 6 heteroatoms. The molecule has 2 rings (SSSR count). The Morgan fingerprint density at radius 3 is 2.48 bits per heavy atom. The maximum atomic E-state index is 13.5. The first kappa shape index (κ1) is 16.2. The second-order valence-electron chi connectivity index (χ2n) is 5.70. The standard InChI is InChI=1S/C15H15BrClFN2O/c1-8-12(17)19-14(15(2,3)4)20-13(8)21-9-5-6-10(16)11(18)7-9/h5-7H,1-4H3. The quantitative estimate of drug-likeness (QED) is 0.658. The average Bonchev–Trinajstić information content (AvgIpc) is 2.38. The zero-order chi connectivity index (χ0) is 15.8.